The average Bonchev–Trinajstić information content (AvgIpc) is 2.90. The van der Waals surface area contributed by atoms with Gasteiger partial charge in [-0.25, -0.2) is 0 Å². The van der Waals surface area contributed by atoms with Gasteiger partial charge in [0, 0.05) is 6.04 Å². The molecule has 3 atom stereocenters. The summed E-state index contributed by atoms with van der Waals surface area (Å²) in [6.45, 7) is 8.19. The van der Waals surface area contributed by atoms with E-state index >= 15 is 0 Å². The lowest BCUT2D eigenvalue weighted by Crippen LogP contribution is -2.49. The Bertz CT molecular complexity index is 390. The fourth-order valence-corrected chi connectivity index (χ4v) is 4.43. The fourth-order valence-electron chi connectivity index (χ4n) is 4.43. The monoisotopic (exact) mass is 233 g/mol. The maximum atomic E-state index is 5.41. The van der Waals surface area contributed by atoms with Crippen molar-refractivity contribution in [3.05, 3.63) is 24.2 Å². The van der Waals surface area contributed by atoms with Gasteiger partial charge in [0.15, 0.2) is 0 Å². The van der Waals surface area contributed by atoms with Gasteiger partial charge in [0.2, 0.25) is 0 Å². The summed E-state index contributed by atoms with van der Waals surface area (Å²) in [5.41, 5.74) is 0.931. The van der Waals surface area contributed by atoms with E-state index in [1.807, 2.05) is 6.07 Å². The molecule has 3 rings (SSSR count). The van der Waals surface area contributed by atoms with Crippen LogP contribution in [0.2, 0.25) is 0 Å². The van der Waals surface area contributed by atoms with Crippen molar-refractivity contribution in [1.82, 2.24) is 5.32 Å². The lowest BCUT2D eigenvalue weighted by atomic mass is 9.68. The first-order valence-electron chi connectivity index (χ1n) is 6.78. The molecule has 17 heavy (non-hydrogen) atoms. The second-order valence-corrected chi connectivity index (χ2v) is 6.81. The SMILES string of the molecule is CC12CCC(C1)C(C)(C)C2NCc1ccco1. The molecule has 0 spiro atoms. The van der Waals surface area contributed by atoms with Crippen LogP contribution in [0.25, 0.3) is 0 Å². The van der Waals surface area contributed by atoms with E-state index in [2.05, 4.69) is 32.2 Å². The lowest BCUT2D eigenvalue weighted by molar-refractivity contribution is 0.106. The normalized spacial score (nSPS) is 38.8. The van der Waals surface area contributed by atoms with Gasteiger partial charge in [-0.15, -0.1) is 0 Å². The Kier molecular flexibility index (Phi) is 2.41. The topological polar surface area (TPSA) is 25.2 Å². The van der Waals surface area contributed by atoms with E-state index in [-0.39, 0.29) is 0 Å². The third kappa shape index (κ3) is 1.65. The van der Waals surface area contributed by atoms with Crippen molar-refractivity contribution in [2.24, 2.45) is 16.7 Å². The molecule has 3 unspecified atom stereocenters. The molecule has 0 amide bonds. The summed E-state index contributed by atoms with van der Waals surface area (Å²) in [4.78, 5) is 0. The molecular weight excluding hydrogens is 210 g/mol. The van der Waals surface area contributed by atoms with Crippen LogP contribution < -0.4 is 5.32 Å². The van der Waals surface area contributed by atoms with Crippen LogP contribution in [-0.2, 0) is 6.54 Å². The van der Waals surface area contributed by atoms with Crippen molar-refractivity contribution >= 4 is 0 Å². The van der Waals surface area contributed by atoms with Crippen LogP contribution in [0.3, 0.4) is 0 Å². The number of furan rings is 1. The standard InChI is InChI=1S/C15H23NO/c1-14(2)11-6-7-15(3,9-11)13(14)16-10-12-5-4-8-17-12/h4-5,8,11,13,16H,6-7,9-10H2,1-3H3. The highest BCUT2D eigenvalue weighted by molar-refractivity contribution is 5.12. The first kappa shape index (κ1) is 11.3. The van der Waals surface area contributed by atoms with Crippen LogP contribution in [0.5, 0.6) is 0 Å². The van der Waals surface area contributed by atoms with Gasteiger partial charge >= 0.3 is 0 Å². The largest absolute Gasteiger partial charge is 0.468 e. The Balaban J connectivity index is 1.74. The van der Waals surface area contributed by atoms with Gasteiger partial charge in [0.25, 0.3) is 0 Å². The first-order valence-corrected chi connectivity index (χ1v) is 6.78. The fraction of sp³-hybridized carbons (Fsp3) is 0.733. The van der Waals surface area contributed by atoms with Crippen molar-refractivity contribution in [1.29, 1.82) is 0 Å². The van der Waals surface area contributed by atoms with E-state index in [0.29, 0.717) is 16.9 Å². The number of hydrogen-bond acceptors (Lipinski definition) is 2. The Hall–Kier alpha value is -0.760. The number of nitrogens with one attached hydrogen (secondary N) is 1. The molecule has 1 heterocycles. The molecule has 0 aliphatic heterocycles. The molecule has 2 aliphatic carbocycles. The molecular formula is C15H23NO. The number of rotatable bonds is 3. The molecule has 2 nitrogen and oxygen atoms in total. The summed E-state index contributed by atoms with van der Waals surface area (Å²) in [5, 5.41) is 3.75. The zero-order chi connectivity index (χ0) is 12.1. The second-order valence-electron chi connectivity index (χ2n) is 6.81. The highest BCUT2D eigenvalue weighted by Gasteiger charge is 2.58. The van der Waals surface area contributed by atoms with Crippen molar-refractivity contribution in [2.45, 2.75) is 52.6 Å². The lowest BCUT2D eigenvalue weighted by Gasteiger charge is -2.43. The van der Waals surface area contributed by atoms with Crippen molar-refractivity contribution < 1.29 is 4.42 Å². The molecule has 1 aromatic heterocycles. The number of hydrogen-bond donors (Lipinski definition) is 1. The van der Waals surface area contributed by atoms with Crippen LogP contribution in [0.4, 0.5) is 0 Å². The minimum absolute atomic E-state index is 0.430. The summed E-state index contributed by atoms with van der Waals surface area (Å²) < 4.78 is 5.41. The van der Waals surface area contributed by atoms with E-state index in [1.54, 1.807) is 6.26 Å². The Morgan fingerprint density at radius 1 is 1.41 bits per heavy atom. The van der Waals surface area contributed by atoms with E-state index in [9.17, 15) is 0 Å². The van der Waals surface area contributed by atoms with Crippen LogP contribution >= 0.6 is 0 Å². The third-order valence-corrected chi connectivity index (χ3v) is 5.33. The quantitative estimate of drug-likeness (QED) is 0.863. The Morgan fingerprint density at radius 3 is 2.82 bits per heavy atom. The molecule has 1 N–H and O–H groups in total. The molecule has 2 heteroatoms. The molecule has 2 aliphatic rings. The van der Waals surface area contributed by atoms with Crippen molar-refractivity contribution in [2.75, 3.05) is 0 Å². The first-order chi connectivity index (χ1) is 8.02. The Morgan fingerprint density at radius 2 is 2.24 bits per heavy atom. The smallest absolute Gasteiger partial charge is 0.117 e. The maximum absolute atomic E-state index is 5.41. The van der Waals surface area contributed by atoms with Crippen LogP contribution in [0.1, 0.15) is 45.8 Å². The van der Waals surface area contributed by atoms with Crippen molar-refractivity contribution in [3.63, 3.8) is 0 Å². The second kappa shape index (κ2) is 3.61. The van der Waals surface area contributed by atoms with E-state index in [0.717, 1.165) is 18.2 Å². The molecule has 2 bridgehead atoms. The molecule has 0 aromatic carbocycles. The molecule has 2 fully saturated rings. The summed E-state index contributed by atoms with van der Waals surface area (Å²) in [5.74, 6) is 1.95. The highest BCUT2D eigenvalue weighted by atomic mass is 16.3. The van der Waals surface area contributed by atoms with Crippen LogP contribution in [-0.4, -0.2) is 6.04 Å². The van der Waals surface area contributed by atoms with Gasteiger partial charge in [-0.1, -0.05) is 20.8 Å². The molecule has 2 saturated carbocycles. The van der Waals surface area contributed by atoms with E-state index in [4.69, 9.17) is 4.42 Å². The minimum Gasteiger partial charge on any atom is -0.468 e. The predicted molar refractivity (Wildman–Crippen MR) is 68.6 cm³/mol. The molecule has 0 saturated heterocycles. The van der Waals surface area contributed by atoms with Gasteiger partial charge in [0.1, 0.15) is 5.76 Å². The summed E-state index contributed by atoms with van der Waals surface area (Å²) in [7, 11) is 0. The van der Waals surface area contributed by atoms with Crippen LogP contribution in [0.15, 0.2) is 22.8 Å². The zero-order valence-electron chi connectivity index (χ0n) is 11.1. The summed E-state index contributed by atoms with van der Waals surface area (Å²) >= 11 is 0. The average molecular weight is 233 g/mol. The summed E-state index contributed by atoms with van der Waals surface area (Å²) in [6.07, 6.45) is 5.96. The molecule has 1 aromatic rings. The maximum Gasteiger partial charge on any atom is 0.117 e. The Labute approximate surface area is 104 Å². The van der Waals surface area contributed by atoms with Gasteiger partial charge < -0.3 is 9.73 Å². The zero-order valence-corrected chi connectivity index (χ0v) is 11.1. The predicted octanol–water partition coefficient (Wildman–Crippen LogP) is 3.58. The van der Waals surface area contributed by atoms with Gasteiger partial charge in [-0.05, 0) is 48.1 Å². The third-order valence-electron chi connectivity index (χ3n) is 5.33. The van der Waals surface area contributed by atoms with E-state index in [1.165, 1.54) is 19.3 Å². The van der Waals surface area contributed by atoms with Crippen LogP contribution in [0, 0.1) is 16.7 Å². The highest BCUT2D eigenvalue weighted by Crippen LogP contribution is 2.62. The summed E-state index contributed by atoms with van der Waals surface area (Å²) in [6, 6.07) is 4.64. The molecule has 0 radical (unpaired) electrons. The molecule has 94 valence electrons. The van der Waals surface area contributed by atoms with Gasteiger partial charge in [-0.3, -0.25) is 0 Å². The van der Waals surface area contributed by atoms with Gasteiger partial charge in [0.05, 0.1) is 12.8 Å². The van der Waals surface area contributed by atoms with Crippen molar-refractivity contribution in [3.8, 4) is 0 Å². The van der Waals surface area contributed by atoms with Gasteiger partial charge in [-0.2, -0.15) is 0 Å². The van der Waals surface area contributed by atoms with E-state index < -0.39 is 0 Å². The number of fused-ring (bicyclic) bond motifs is 2. The minimum atomic E-state index is 0.430.